The van der Waals surface area contributed by atoms with Gasteiger partial charge in [0.1, 0.15) is 0 Å². The predicted octanol–water partition coefficient (Wildman–Crippen LogP) is 2.94. The van der Waals surface area contributed by atoms with Gasteiger partial charge in [-0.1, -0.05) is 13.3 Å². The van der Waals surface area contributed by atoms with E-state index in [1.807, 2.05) is 0 Å². The second-order valence-electron chi connectivity index (χ2n) is 6.30. The Bertz CT molecular complexity index is 219. The van der Waals surface area contributed by atoms with Crippen molar-refractivity contribution in [2.45, 2.75) is 57.9 Å². The fourth-order valence-corrected chi connectivity index (χ4v) is 5.07. The lowest BCUT2D eigenvalue weighted by Crippen LogP contribution is -2.56. The summed E-state index contributed by atoms with van der Waals surface area (Å²) in [5.41, 5.74) is 7.07. The molecule has 4 fully saturated rings. The zero-order valence-corrected chi connectivity index (χ0v) is 9.34. The summed E-state index contributed by atoms with van der Waals surface area (Å²) in [4.78, 5) is 0. The highest BCUT2D eigenvalue weighted by atomic mass is 14.7. The normalized spacial score (nSPS) is 55.3. The van der Waals surface area contributed by atoms with Gasteiger partial charge in [-0.05, 0) is 61.7 Å². The van der Waals surface area contributed by atoms with Crippen LogP contribution in [-0.2, 0) is 0 Å². The molecule has 14 heavy (non-hydrogen) atoms. The summed E-state index contributed by atoms with van der Waals surface area (Å²) >= 11 is 0. The average Bonchev–Trinajstić information content (AvgIpc) is 2.12. The van der Waals surface area contributed by atoms with Crippen molar-refractivity contribution in [2.75, 3.05) is 0 Å². The second-order valence-corrected chi connectivity index (χ2v) is 6.30. The van der Waals surface area contributed by atoms with Crippen molar-refractivity contribution >= 4 is 0 Å². The molecule has 0 aromatic carbocycles. The molecule has 0 heterocycles. The first kappa shape index (κ1) is 9.21. The minimum atomic E-state index is 0.566. The van der Waals surface area contributed by atoms with E-state index in [0.29, 0.717) is 6.04 Å². The lowest BCUT2D eigenvalue weighted by molar-refractivity contribution is -0.0711. The van der Waals surface area contributed by atoms with E-state index in [1.54, 1.807) is 6.42 Å². The smallest absolute Gasteiger partial charge is 0.00962 e. The van der Waals surface area contributed by atoms with Crippen molar-refractivity contribution in [3.05, 3.63) is 0 Å². The van der Waals surface area contributed by atoms with Gasteiger partial charge in [0.05, 0.1) is 0 Å². The molecular formula is C13H23N. The zero-order chi connectivity index (χ0) is 9.76. The van der Waals surface area contributed by atoms with E-state index >= 15 is 0 Å². The molecule has 4 aliphatic rings. The fraction of sp³-hybridized carbons (Fsp3) is 1.00. The van der Waals surface area contributed by atoms with E-state index in [1.165, 1.54) is 38.5 Å². The predicted molar refractivity (Wildman–Crippen MR) is 58.9 cm³/mol. The molecule has 80 valence electrons. The minimum absolute atomic E-state index is 0.566. The molecule has 4 rings (SSSR count). The largest absolute Gasteiger partial charge is 0.327 e. The first-order chi connectivity index (χ1) is 6.72. The molecule has 0 aromatic heterocycles. The number of nitrogens with two attached hydrogens (primary N) is 1. The van der Waals surface area contributed by atoms with Crippen LogP contribution in [0.2, 0.25) is 0 Å². The van der Waals surface area contributed by atoms with Gasteiger partial charge in [0.25, 0.3) is 0 Å². The van der Waals surface area contributed by atoms with Crippen molar-refractivity contribution in [1.82, 2.24) is 0 Å². The Morgan fingerprint density at radius 1 is 1.14 bits per heavy atom. The van der Waals surface area contributed by atoms with Crippen molar-refractivity contribution in [1.29, 1.82) is 0 Å². The second kappa shape index (κ2) is 2.98. The van der Waals surface area contributed by atoms with Gasteiger partial charge in [-0.25, -0.2) is 0 Å². The van der Waals surface area contributed by atoms with Gasteiger partial charge in [0.2, 0.25) is 0 Å². The van der Waals surface area contributed by atoms with E-state index < -0.39 is 0 Å². The Morgan fingerprint density at radius 2 is 1.79 bits per heavy atom. The maximum Gasteiger partial charge on any atom is 0.00962 e. The van der Waals surface area contributed by atoms with Crippen LogP contribution in [0.1, 0.15) is 51.9 Å². The highest BCUT2D eigenvalue weighted by molar-refractivity contribution is 5.06. The van der Waals surface area contributed by atoms with Crippen LogP contribution in [-0.4, -0.2) is 6.04 Å². The fourth-order valence-electron chi connectivity index (χ4n) is 5.07. The summed E-state index contributed by atoms with van der Waals surface area (Å²) in [6.07, 6.45) is 10.3. The van der Waals surface area contributed by atoms with Crippen molar-refractivity contribution in [3.63, 3.8) is 0 Å². The van der Waals surface area contributed by atoms with Crippen LogP contribution in [0.4, 0.5) is 0 Å². The summed E-state index contributed by atoms with van der Waals surface area (Å²) in [6.45, 7) is 2.35. The molecule has 4 aliphatic carbocycles. The minimum Gasteiger partial charge on any atom is -0.327 e. The van der Waals surface area contributed by atoms with Crippen LogP contribution < -0.4 is 5.73 Å². The van der Waals surface area contributed by atoms with Gasteiger partial charge in [-0.2, -0.15) is 0 Å². The van der Waals surface area contributed by atoms with Crippen LogP contribution in [0, 0.1) is 23.2 Å². The lowest BCUT2D eigenvalue weighted by Gasteiger charge is -2.59. The van der Waals surface area contributed by atoms with Crippen LogP contribution in [0.5, 0.6) is 0 Å². The van der Waals surface area contributed by atoms with E-state index in [0.717, 1.165) is 23.2 Å². The Balaban J connectivity index is 1.85. The third-order valence-electron chi connectivity index (χ3n) is 5.25. The van der Waals surface area contributed by atoms with Crippen LogP contribution in [0.3, 0.4) is 0 Å². The molecule has 0 amide bonds. The summed E-state index contributed by atoms with van der Waals surface area (Å²) in [5.74, 6) is 2.85. The molecule has 0 radical (unpaired) electrons. The molecule has 0 saturated heterocycles. The summed E-state index contributed by atoms with van der Waals surface area (Å²) in [7, 11) is 0. The standard InChI is InChI=1S/C13H23N/c1-2-3-13-6-9-4-10(7-13)12(14)11(5-9)8-13/h9-12H,2-8,14H2,1H3. The highest BCUT2D eigenvalue weighted by Gasteiger charge is 2.53. The van der Waals surface area contributed by atoms with Crippen molar-refractivity contribution in [2.24, 2.45) is 28.9 Å². The molecule has 1 nitrogen and oxygen atoms in total. The zero-order valence-electron chi connectivity index (χ0n) is 9.34. The van der Waals surface area contributed by atoms with Crippen LogP contribution >= 0.6 is 0 Å². The monoisotopic (exact) mass is 193 g/mol. The maximum absolute atomic E-state index is 6.32. The van der Waals surface area contributed by atoms with Crippen molar-refractivity contribution < 1.29 is 0 Å². The molecule has 0 spiro atoms. The molecule has 1 heteroatoms. The quantitative estimate of drug-likeness (QED) is 0.717. The Labute approximate surface area is 87.4 Å². The first-order valence-electron chi connectivity index (χ1n) is 6.48. The van der Waals surface area contributed by atoms with Gasteiger partial charge < -0.3 is 5.73 Å². The first-order valence-corrected chi connectivity index (χ1v) is 6.48. The van der Waals surface area contributed by atoms with Gasteiger partial charge >= 0.3 is 0 Å². The highest BCUT2D eigenvalue weighted by Crippen LogP contribution is 2.61. The Morgan fingerprint density at radius 3 is 2.36 bits per heavy atom. The Hall–Kier alpha value is -0.0400. The van der Waals surface area contributed by atoms with Gasteiger partial charge in [-0.15, -0.1) is 0 Å². The molecule has 4 bridgehead atoms. The molecule has 0 aliphatic heterocycles. The van der Waals surface area contributed by atoms with E-state index in [-0.39, 0.29) is 0 Å². The summed E-state index contributed by atoms with van der Waals surface area (Å²) in [6, 6.07) is 0.566. The van der Waals surface area contributed by atoms with Gasteiger partial charge in [0, 0.05) is 6.04 Å². The van der Waals surface area contributed by atoms with Gasteiger partial charge in [0.15, 0.2) is 0 Å². The van der Waals surface area contributed by atoms with Crippen LogP contribution in [0.15, 0.2) is 0 Å². The molecule has 4 saturated carbocycles. The molecule has 2 unspecified atom stereocenters. The maximum atomic E-state index is 6.32. The number of hydrogen-bond donors (Lipinski definition) is 1. The SMILES string of the molecule is CCCC12CC3CC(C1)C(N)C(C3)C2. The van der Waals surface area contributed by atoms with Crippen LogP contribution in [0.25, 0.3) is 0 Å². The number of rotatable bonds is 2. The van der Waals surface area contributed by atoms with E-state index in [2.05, 4.69) is 6.92 Å². The van der Waals surface area contributed by atoms with Gasteiger partial charge in [-0.3, -0.25) is 0 Å². The topological polar surface area (TPSA) is 26.0 Å². The van der Waals surface area contributed by atoms with E-state index in [9.17, 15) is 0 Å². The molecule has 2 N–H and O–H groups in total. The van der Waals surface area contributed by atoms with Crippen molar-refractivity contribution in [3.8, 4) is 0 Å². The van der Waals surface area contributed by atoms with E-state index in [4.69, 9.17) is 5.73 Å². The average molecular weight is 193 g/mol. The summed E-state index contributed by atoms with van der Waals surface area (Å²) < 4.78 is 0. The third-order valence-corrected chi connectivity index (χ3v) is 5.25. The summed E-state index contributed by atoms with van der Waals surface area (Å²) in [5, 5.41) is 0. The Kier molecular flexibility index (Phi) is 1.96. The molecule has 2 atom stereocenters. The lowest BCUT2D eigenvalue weighted by atomic mass is 9.47. The molecular weight excluding hydrogens is 170 g/mol. The molecule has 0 aromatic rings. The third kappa shape index (κ3) is 1.18. The number of hydrogen-bond acceptors (Lipinski definition) is 1.